The van der Waals surface area contributed by atoms with Crippen LogP contribution in [0.4, 0.5) is 4.39 Å². The summed E-state index contributed by atoms with van der Waals surface area (Å²) in [6.45, 7) is 4.65. The molecule has 1 N–H and O–H groups in total. The van der Waals surface area contributed by atoms with Crippen LogP contribution in [0.25, 0.3) is 15.4 Å². The number of nitrogens with one attached hydrogen (secondary N) is 1. The highest BCUT2D eigenvalue weighted by atomic mass is 32.1. The first-order chi connectivity index (χ1) is 16.4. The Kier molecular flexibility index (Phi) is 5.03. The van der Waals surface area contributed by atoms with Crippen molar-refractivity contribution in [2.75, 3.05) is 13.1 Å². The first-order valence-corrected chi connectivity index (χ1v) is 12.9. The van der Waals surface area contributed by atoms with Crippen molar-refractivity contribution in [2.45, 2.75) is 26.3 Å². The van der Waals surface area contributed by atoms with Crippen LogP contribution in [0.1, 0.15) is 38.1 Å². The Morgan fingerprint density at radius 2 is 2.06 bits per heavy atom. The maximum absolute atomic E-state index is 14.5. The maximum Gasteiger partial charge on any atom is 0.274 e. The Morgan fingerprint density at radius 3 is 2.88 bits per heavy atom. The highest BCUT2D eigenvalue weighted by Gasteiger charge is 2.54. The highest BCUT2D eigenvalue weighted by molar-refractivity contribution is 7.15. The van der Waals surface area contributed by atoms with Gasteiger partial charge in [-0.15, -0.1) is 22.7 Å². The SMILES string of the molecule is Cc1nc(C(=O)N2C[C@@H]3C[C@@H]3[C@H]2CNC(=O)c2c(C)nc3sccn23)c(-c2ccccc2F)s1. The zero-order valence-electron chi connectivity index (χ0n) is 18.6. The Bertz CT molecular complexity index is 1440. The number of aromatic nitrogens is 3. The van der Waals surface area contributed by atoms with Crippen LogP contribution in [0.3, 0.4) is 0 Å². The van der Waals surface area contributed by atoms with E-state index in [0.717, 1.165) is 11.4 Å². The summed E-state index contributed by atoms with van der Waals surface area (Å²) >= 11 is 2.81. The third-order valence-corrected chi connectivity index (χ3v) is 8.50. The van der Waals surface area contributed by atoms with E-state index in [9.17, 15) is 14.0 Å². The molecule has 2 aliphatic rings. The molecule has 4 heterocycles. The standard InChI is InChI=1S/C24H22FN5O2S2/c1-12-20(29-7-8-33-24(29)27-12)22(31)26-10-18-16-9-14(16)11-30(18)23(32)19-21(34-13(2)28-19)15-5-3-4-6-17(15)25/h3-8,14,16,18H,9-11H2,1-2H3,(H,26,31)/t14-,16-,18+/m0/s1. The van der Waals surface area contributed by atoms with E-state index in [0.29, 0.717) is 51.8 Å². The first-order valence-electron chi connectivity index (χ1n) is 11.2. The van der Waals surface area contributed by atoms with Gasteiger partial charge in [-0.3, -0.25) is 14.0 Å². The second kappa shape index (κ2) is 7.99. The molecule has 1 aromatic carbocycles. The van der Waals surface area contributed by atoms with Gasteiger partial charge < -0.3 is 10.2 Å². The van der Waals surface area contributed by atoms with Gasteiger partial charge in [-0.05, 0) is 38.2 Å². The van der Waals surface area contributed by atoms with E-state index in [2.05, 4.69) is 15.3 Å². The van der Waals surface area contributed by atoms with Gasteiger partial charge in [0, 0.05) is 30.2 Å². The van der Waals surface area contributed by atoms with Crippen LogP contribution in [0.15, 0.2) is 35.8 Å². The number of carbonyl (C=O) groups is 2. The summed E-state index contributed by atoms with van der Waals surface area (Å²) < 4.78 is 16.3. The lowest BCUT2D eigenvalue weighted by Gasteiger charge is -2.27. The summed E-state index contributed by atoms with van der Waals surface area (Å²) in [5, 5.41) is 5.65. The second-order valence-corrected chi connectivity index (χ2v) is 11.0. The molecule has 2 fully saturated rings. The monoisotopic (exact) mass is 495 g/mol. The third-order valence-electron chi connectivity index (χ3n) is 6.74. The van der Waals surface area contributed by atoms with Gasteiger partial charge >= 0.3 is 0 Å². The maximum atomic E-state index is 14.5. The molecule has 1 saturated heterocycles. The van der Waals surface area contributed by atoms with Crippen molar-refractivity contribution in [1.82, 2.24) is 24.6 Å². The third kappa shape index (κ3) is 3.43. The summed E-state index contributed by atoms with van der Waals surface area (Å²) in [6, 6.07) is 6.35. The zero-order valence-corrected chi connectivity index (χ0v) is 20.3. The summed E-state index contributed by atoms with van der Waals surface area (Å²) in [6.07, 6.45) is 2.90. The van der Waals surface area contributed by atoms with E-state index in [4.69, 9.17) is 0 Å². The van der Waals surface area contributed by atoms with E-state index in [1.807, 2.05) is 30.3 Å². The summed E-state index contributed by atoms with van der Waals surface area (Å²) in [5.41, 5.74) is 1.88. The highest BCUT2D eigenvalue weighted by Crippen LogP contribution is 2.50. The van der Waals surface area contributed by atoms with Crippen molar-refractivity contribution < 1.29 is 14.0 Å². The predicted octanol–water partition coefficient (Wildman–Crippen LogP) is 4.17. The number of piperidine rings is 1. The van der Waals surface area contributed by atoms with Gasteiger partial charge in [-0.2, -0.15) is 0 Å². The molecule has 34 heavy (non-hydrogen) atoms. The molecule has 1 saturated carbocycles. The normalized spacial score (nSPS) is 21.1. The zero-order chi connectivity index (χ0) is 23.6. The van der Waals surface area contributed by atoms with Crippen LogP contribution in [0, 0.1) is 31.5 Å². The predicted molar refractivity (Wildman–Crippen MR) is 129 cm³/mol. The van der Waals surface area contributed by atoms with E-state index in [-0.39, 0.29) is 29.4 Å². The quantitative estimate of drug-likeness (QED) is 0.451. The van der Waals surface area contributed by atoms with Crippen LogP contribution in [0.2, 0.25) is 0 Å². The Labute approximate surface area is 203 Å². The molecule has 1 aliphatic heterocycles. The van der Waals surface area contributed by atoms with Crippen LogP contribution >= 0.6 is 22.7 Å². The number of nitrogens with zero attached hydrogens (tertiary/aromatic N) is 4. The Balaban J connectivity index is 1.24. The minimum Gasteiger partial charge on any atom is -0.349 e. The van der Waals surface area contributed by atoms with E-state index in [1.165, 1.54) is 28.7 Å². The molecule has 3 aromatic heterocycles. The fraction of sp³-hybridized carbons (Fsp3) is 0.333. The van der Waals surface area contributed by atoms with Crippen molar-refractivity contribution in [3.8, 4) is 10.4 Å². The number of aryl methyl sites for hydroxylation is 2. The summed E-state index contributed by atoms with van der Waals surface area (Å²) in [4.78, 5) is 38.7. The second-order valence-electron chi connectivity index (χ2n) is 8.89. The molecule has 4 aromatic rings. The molecular weight excluding hydrogens is 473 g/mol. The number of benzene rings is 1. The number of fused-ring (bicyclic) bond motifs is 2. The number of amides is 2. The first kappa shape index (κ1) is 21.4. The molecule has 0 bridgehead atoms. The van der Waals surface area contributed by atoms with Crippen LogP contribution in [-0.4, -0.2) is 50.2 Å². The molecule has 10 heteroatoms. The fourth-order valence-electron chi connectivity index (χ4n) is 5.05. The van der Waals surface area contributed by atoms with Crippen molar-refractivity contribution >= 4 is 39.4 Å². The van der Waals surface area contributed by atoms with Crippen molar-refractivity contribution in [1.29, 1.82) is 0 Å². The number of likely N-dealkylation sites (tertiary alicyclic amines) is 1. The molecule has 0 unspecified atom stereocenters. The van der Waals surface area contributed by atoms with Gasteiger partial charge in [0.25, 0.3) is 11.8 Å². The Hall–Kier alpha value is -3.11. The molecule has 6 rings (SSSR count). The fourth-order valence-corrected chi connectivity index (χ4v) is 6.75. The van der Waals surface area contributed by atoms with Crippen molar-refractivity contribution in [3.63, 3.8) is 0 Å². The number of hydrogen-bond donors (Lipinski definition) is 1. The summed E-state index contributed by atoms with van der Waals surface area (Å²) in [7, 11) is 0. The molecule has 7 nitrogen and oxygen atoms in total. The molecule has 3 atom stereocenters. The van der Waals surface area contributed by atoms with Crippen LogP contribution in [-0.2, 0) is 0 Å². The number of carbonyl (C=O) groups excluding carboxylic acids is 2. The average molecular weight is 496 g/mol. The molecule has 1 aliphatic carbocycles. The van der Waals surface area contributed by atoms with Crippen molar-refractivity contribution in [2.24, 2.45) is 11.8 Å². The number of halogens is 1. The lowest BCUT2D eigenvalue weighted by molar-refractivity contribution is 0.0690. The molecular formula is C24H22FN5O2S2. The smallest absolute Gasteiger partial charge is 0.274 e. The average Bonchev–Trinajstić information content (AvgIpc) is 3.14. The number of hydrogen-bond acceptors (Lipinski definition) is 6. The molecule has 0 radical (unpaired) electrons. The van der Waals surface area contributed by atoms with Gasteiger partial charge in [-0.1, -0.05) is 18.2 Å². The van der Waals surface area contributed by atoms with Gasteiger partial charge in [0.1, 0.15) is 17.2 Å². The number of rotatable bonds is 5. The number of imidazole rings is 1. The lowest BCUT2D eigenvalue weighted by Crippen LogP contribution is -2.46. The van der Waals surface area contributed by atoms with E-state index >= 15 is 0 Å². The molecule has 0 spiro atoms. The minimum absolute atomic E-state index is 0.108. The summed E-state index contributed by atoms with van der Waals surface area (Å²) in [5.74, 6) is 0.0480. The van der Waals surface area contributed by atoms with E-state index < -0.39 is 0 Å². The Morgan fingerprint density at radius 1 is 1.24 bits per heavy atom. The van der Waals surface area contributed by atoms with Crippen molar-refractivity contribution in [3.05, 3.63) is 63.7 Å². The minimum atomic E-state index is -0.371. The van der Waals surface area contributed by atoms with Crippen LogP contribution in [0.5, 0.6) is 0 Å². The molecule has 174 valence electrons. The number of thiazole rings is 2. The van der Waals surface area contributed by atoms with Gasteiger partial charge in [0.15, 0.2) is 4.96 Å². The van der Waals surface area contributed by atoms with E-state index in [1.54, 1.807) is 22.6 Å². The van der Waals surface area contributed by atoms with Crippen LogP contribution < -0.4 is 5.32 Å². The van der Waals surface area contributed by atoms with Gasteiger partial charge in [0.2, 0.25) is 0 Å². The lowest BCUT2D eigenvalue weighted by atomic mass is 10.1. The molecule has 2 amide bonds. The van der Waals surface area contributed by atoms with Gasteiger partial charge in [0.05, 0.1) is 21.6 Å². The topological polar surface area (TPSA) is 79.6 Å². The largest absolute Gasteiger partial charge is 0.349 e. The van der Waals surface area contributed by atoms with Gasteiger partial charge in [-0.25, -0.2) is 14.4 Å².